The Labute approximate surface area is 146 Å². The highest BCUT2D eigenvalue weighted by Gasteiger charge is 2.38. The van der Waals surface area contributed by atoms with E-state index in [2.05, 4.69) is 15.2 Å². The average Bonchev–Trinajstić information content (AvgIpc) is 3.34. The van der Waals surface area contributed by atoms with E-state index in [1.807, 2.05) is 0 Å². The number of hydrogen-bond acceptors (Lipinski definition) is 4. The predicted octanol–water partition coefficient (Wildman–Crippen LogP) is 3.20. The maximum absolute atomic E-state index is 12.9. The lowest BCUT2D eigenvalue weighted by molar-refractivity contribution is -0.141. The summed E-state index contributed by atoms with van der Waals surface area (Å²) in [6, 6.07) is 7.08. The second-order valence-electron chi connectivity index (χ2n) is 6.00. The normalized spacial score (nSPS) is 14.2. The van der Waals surface area contributed by atoms with E-state index in [4.69, 9.17) is 0 Å². The molecule has 138 valence electrons. The fraction of sp³-hybridized carbons (Fsp3) is 0.353. The molecule has 0 saturated heterocycles. The molecule has 26 heavy (non-hydrogen) atoms. The van der Waals surface area contributed by atoms with E-state index in [1.54, 1.807) is 12.1 Å². The molecule has 0 bridgehead atoms. The first-order valence-corrected chi connectivity index (χ1v) is 7.91. The Balaban J connectivity index is 1.74. The molecule has 2 aromatic rings. The van der Waals surface area contributed by atoms with Crippen LogP contribution in [0.3, 0.4) is 0 Å². The lowest BCUT2D eigenvalue weighted by atomic mass is 10.2. The van der Waals surface area contributed by atoms with Crippen molar-refractivity contribution in [3.8, 4) is 0 Å². The minimum absolute atomic E-state index is 0.00838. The van der Waals surface area contributed by atoms with Crippen molar-refractivity contribution in [3.05, 3.63) is 47.3 Å². The zero-order chi connectivity index (χ0) is 18.9. The van der Waals surface area contributed by atoms with Crippen molar-refractivity contribution in [3.63, 3.8) is 0 Å². The van der Waals surface area contributed by atoms with Crippen molar-refractivity contribution in [2.24, 2.45) is 0 Å². The molecule has 1 aromatic heterocycles. The monoisotopic (exact) mass is 367 g/mol. The maximum Gasteiger partial charge on any atom is 0.435 e. The van der Waals surface area contributed by atoms with Crippen LogP contribution in [-0.4, -0.2) is 28.8 Å². The third-order valence-electron chi connectivity index (χ3n) is 3.96. The number of anilines is 1. The van der Waals surface area contributed by atoms with Gasteiger partial charge in [0.2, 0.25) is 5.91 Å². The van der Waals surface area contributed by atoms with E-state index in [0.29, 0.717) is 11.4 Å². The molecule has 1 saturated carbocycles. The Hall–Kier alpha value is -2.84. The Morgan fingerprint density at radius 3 is 2.65 bits per heavy atom. The van der Waals surface area contributed by atoms with Crippen LogP contribution in [0.2, 0.25) is 0 Å². The summed E-state index contributed by atoms with van der Waals surface area (Å²) in [4.78, 5) is 23.7. The Morgan fingerprint density at radius 1 is 1.31 bits per heavy atom. The van der Waals surface area contributed by atoms with Gasteiger partial charge in [-0.15, -0.1) is 0 Å². The number of halogens is 3. The Kier molecular flexibility index (Phi) is 4.71. The smallest absolute Gasteiger partial charge is 0.435 e. The molecule has 9 heteroatoms. The predicted molar refractivity (Wildman–Crippen MR) is 85.6 cm³/mol. The molecule has 1 aliphatic carbocycles. The van der Waals surface area contributed by atoms with Crippen LogP contribution < -0.4 is 5.32 Å². The van der Waals surface area contributed by atoms with Gasteiger partial charge in [0.05, 0.1) is 12.7 Å². The average molecular weight is 367 g/mol. The zero-order valence-corrected chi connectivity index (χ0v) is 13.8. The van der Waals surface area contributed by atoms with Crippen molar-refractivity contribution in [1.82, 2.24) is 9.78 Å². The summed E-state index contributed by atoms with van der Waals surface area (Å²) in [5, 5.41) is 6.10. The van der Waals surface area contributed by atoms with Gasteiger partial charge in [-0.2, -0.15) is 18.3 Å². The molecule has 0 radical (unpaired) electrons. The van der Waals surface area contributed by atoms with Crippen LogP contribution in [-0.2, 0) is 22.3 Å². The molecular weight excluding hydrogens is 351 g/mol. The van der Waals surface area contributed by atoms with E-state index >= 15 is 0 Å². The molecule has 3 rings (SSSR count). The van der Waals surface area contributed by atoms with Crippen molar-refractivity contribution >= 4 is 17.6 Å². The molecule has 0 atom stereocenters. The van der Waals surface area contributed by atoms with Gasteiger partial charge >= 0.3 is 12.1 Å². The number of methoxy groups -OCH3 is 1. The lowest BCUT2D eigenvalue weighted by Crippen LogP contribution is -2.21. The van der Waals surface area contributed by atoms with Crippen molar-refractivity contribution in [2.75, 3.05) is 12.4 Å². The zero-order valence-electron chi connectivity index (χ0n) is 13.8. The molecule has 1 aromatic carbocycles. The van der Waals surface area contributed by atoms with Crippen LogP contribution >= 0.6 is 0 Å². The van der Waals surface area contributed by atoms with Crippen molar-refractivity contribution in [2.45, 2.75) is 31.5 Å². The SMILES string of the molecule is COC(=O)c1cccc(NC(=O)Cn2nc(C(F)(F)F)cc2C2CC2)c1. The van der Waals surface area contributed by atoms with Gasteiger partial charge in [-0.3, -0.25) is 9.48 Å². The number of benzene rings is 1. The number of ether oxygens (including phenoxy) is 1. The minimum atomic E-state index is -4.56. The molecule has 1 N–H and O–H groups in total. The number of amides is 1. The first-order valence-electron chi connectivity index (χ1n) is 7.91. The highest BCUT2D eigenvalue weighted by atomic mass is 19.4. The Bertz CT molecular complexity index is 841. The number of rotatable bonds is 5. The fourth-order valence-electron chi connectivity index (χ4n) is 2.58. The highest BCUT2D eigenvalue weighted by Crippen LogP contribution is 2.42. The molecule has 1 aliphatic rings. The van der Waals surface area contributed by atoms with Gasteiger partial charge in [0.15, 0.2) is 5.69 Å². The minimum Gasteiger partial charge on any atom is -0.465 e. The van der Waals surface area contributed by atoms with Crippen LogP contribution in [0.4, 0.5) is 18.9 Å². The van der Waals surface area contributed by atoms with Gasteiger partial charge in [0, 0.05) is 17.3 Å². The number of nitrogens with one attached hydrogen (secondary N) is 1. The van der Waals surface area contributed by atoms with Gasteiger partial charge in [0.1, 0.15) is 6.54 Å². The Morgan fingerprint density at radius 2 is 2.04 bits per heavy atom. The second-order valence-corrected chi connectivity index (χ2v) is 6.00. The molecule has 6 nitrogen and oxygen atoms in total. The first-order chi connectivity index (χ1) is 12.3. The van der Waals surface area contributed by atoms with E-state index in [-0.39, 0.29) is 18.0 Å². The number of alkyl halides is 3. The summed E-state index contributed by atoms with van der Waals surface area (Å²) in [6.45, 7) is -0.343. The van der Waals surface area contributed by atoms with E-state index in [0.717, 1.165) is 23.6 Å². The first kappa shape index (κ1) is 18.0. The van der Waals surface area contributed by atoms with E-state index < -0.39 is 23.7 Å². The van der Waals surface area contributed by atoms with Crippen LogP contribution in [0.5, 0.6) is 0 Å². The van der Waals surface area contributed by atoms with Crippen molar-refractivity contribution in [1.29, 1.82) is 0 Å². The van der Waals surface area contributed by atoms with Gasteiger partial charge in [0.25, 0.3) is 0 Å². The number of hydrogen-bond donors (Lipinski definition) is 1. The summed E-state index contributed by atoms with van der Waals surface area (Å²) in [5.41, 5.74) is 0.00663. The quantitative estimate of drug-likeness (QED) is 0.824. The van der Waals surface area contributed by atoms with Crippen LogP contribution in [0.25, 0.3) is 0 Å². The number of aromatic nitrogens is 2. The second kappa shape index (κ2) is 6.81. The third kappa shape index (κ3) is 4.04. The molecule has 0 aliphatic heterocycles. The maximum atomic E-state index is 12.9. The van der Waals surface area contributed by atoms with E-state index in [9.17, 15) is 22.8 Å². The number of carbonyl (C=O) groups excluding carboxylic acids is 2. The molecule has 0 unspecified atom stereocenters. The summed E-state index contributed by atoms with van der Waals surface area (Å²) in [7, 11) is 1.24. The van der Waals surface area contributed by atoms with E-state index in [1.165, 1.54) is 19.2 Å². The highest BCUT2D eigenvalue weighted by molar-refractivity contribution is 5.94. The number of nitrogens with zero attached hydrogens (tertiary/aromatic N) is 2. The van der Waals surface area contributed by atoms with Crippen LogP contribution in [0, 0.1) is 0 Å². The summed E-state index contributed by atoms with van der Waals surface area (Å²) >= 11 is 0. The number of esters is 1. The van der Waals surface area contributed by atoms with Crippen LogP contribution in [0.15, 0.2) is 30.3 Å². The standard InChI is InChI=1S/C17H16F3N3O3/c1-26-16(25)11-3-2-4-12(7-11)21-15(24)9-23-13(10-5-6-10)8-14(22-23)17(18,19)20/h2-4,7-8,10H,5-6,9H2,1H3,(H,21,24). The summed E-state index contributed by atoms with van der Waals surface area (Å²) in [6.07, 6.45) is -2.99. The third-order valence-corrected chi connectivity index (χ3v) is 3.96. The summed E-state index contributed by atoms with van der Waals surface area (Å²) < 4.78 is 44.3. The van der Waals surface area contributed by atoms with Gasteiger partial charge in [-0.1, -0.05) is 6.07 Å². The summed E-state index contributed by atoms with van der Waals surface area (Å²) in [5.74, 6) is -1.08. The van der Waals surface area contributed by atoms with Gasteiger partial charge in [-0.05, 0) is 37.1 Å². The molecular formula is C17H16F3N3O3. The van der Waals surface area contributed by atoms with Crippen LogP contribution in [0.1, 0.15) is 40.5 Å². The van der Waals surface area contributed by atoms with Crippen molar-refractivity contribution < 1.29 is 27.5 Å². The molecule has 1 heterocycles. The fourth-order valence-corrected chi connectivity index (χ4v) is 2.58. The molecule has 1 fully saturated rings. The largest absolute Gasteiger partial charge is 0.465 e. The topological polar surface area (TPSA) is 73.2 Å². The number of carbonyl (C=O) groups is 2. The molecule has 0 spiro atoms. The van der Waals surface area contributed by atoms with Gasteiger partial charge in [-0.25, -0.2) is 4.79 Å². The lowest BCUT2D eigenvalue weighted by Gasteiger charge is -2.09. The van der Waals surface area contributed by atoms with Gasteiger partial charge < -0.3 is 10.1 Å². The molecule has 1 amide bonds.